The van der Waals surface area contributed by atoms with Crippen molar-refractivity contribution < 1.29 is 9.13 Å². The zero-order valence-electron chi connectivity index (χ0n) is 10.2. The van der Waals surface area contributed by atoms with Crippen molar-refractivity contribution >= 4 is 0 Å². The Labute approximate surface area is 102 Å². The number of pyridine rings is 2. The van der Waals surface area contributed by atoms with Gasteiger partial charge in [0.15, 0.2) is 24.8 Å². The fraction of sp³-hybridized carbons (Fsp3) is 0.286. The van der Waals surface area contributed by atoms with Crippen LogP contribution in [-0.4, -0.2) is 6.54 Å². The van der Waals surface area contributed by atoms with Gasteiger partial charge in [0.1, 0.15) is 13.6 Å². The van der Waals surface area contributed by atoms with E-state index in [2.05, 4.69) is 53.6 Å². The van der Waals surface area contributed by atoms with Crippen LogP contribution < -0.4 is 14.9 Å². The number of rotatable bonds is 4. The molecule has 2 aromatic heterocycles. The molecule has 0 bridgehead atoms. The van der Waals surface area contributed by atoms with E-state index in [1.807, 2.05) is 11.6 Å². The average molecular weight is 229 g/mol. The second-order valence-electron chi connectivity index (χ2n) is 4.22. The third-order valence-electron chi connectivity index (χ3n) is 2.82. The van der Waals surface area contributed by atoms with Crippen molar-refractivity contribution in [2.75, 3.05) is 6.54 Å². The maximum Gasteiger partial charge on any atom is 0.169 e. The number of nitrogens with two attached hydrogens (primary N) is 1. The number of hydrogen-bond donors (Lipinski definition) is 1. The summed E-state index contributed by atoms with van der Waals surface area (Å²) in [5.74, 6) is 0. The van der Waals surface area contributed by atoms with E-state index in [1.165, 1.54) is 11.1 Å². The summed E-state index contributed by atoms with van der Waals surface area (Å²) in [7, 11) is 2.02. The molecule has 0 radical (unpaired) electrons. The lowest BCUT2D eigenvalue weighted by molar-refractivity contribution is -0.697. The van der Waals surface area contributed by atoms with E-state index < -0.39 is 0 Å². The Hall–Kier alpha value is -1.74. The van der Waals surface area contributed by atoms with Gasteiger partial charge in [-0.3, -0.25) is 0 Å². The van der Waals surface area contributed by atoms with Crippen LogP contribution in [0.5, 0.6) is 0 Å². The van der Waals surface area contributed by atoms with Crippen molar-refractivity contribution in [3.63, 3.8) is 0 Å². The maximum absolute atomic E-state index is 5.50. The number of hydrogen-bond acceptors (Lipinski definition) is 1. The standard InChI is InChI=1S/C14H19N3/c1-16-9-3-13(4-10-16)14-5-11-17(12-6-14)8-2-7-15/h3-6,9-12H,2,7-8,15H2,1H3/q+2. The van der Waals surface area contributed by atoms with Gasteiger partial charge in [-0.15, -0.1) is 0 Å². The predicted molar refractivity (Wildman–Crippen MR) is 66.9 cm³/mol. The van der Waals surface area contributed by atoms with Crippen LogP contribution in [-0.2, 0) is 13.6 Å². The molecule has 3 heteroatoms. The fourth-order valence-electron chi connectivity index (χ4n) is 1.77. The van der Waals surface area contributed by atoms with Crippen molar-refractivity contribution in [3.8, 4) is 11.1 Å². The molecule has 17 heavy (non-hydrogen) atoms. The molecule has 0 aliphatic rings. The van der Waals surface area contributed by atoms with Crippen LogP contribution in [0.2, 0.25) is 0 Å². The minimum absolute atomic E-state index is 0.740. The van der Waals surface area contributed by atoms with Crippen molar-refractivity contribution in [1.82, 2.24) is 0 Å². The monoisotopic (exact) mass is 229 g/mol. The molecule has 2 N–H and O–H groups in total. The summed E-state index contributed by atoms with van der Waals surface area (Å²) >= 11 is 0. The average Bonchev–Trinajstić information content (AvgIpc) is 2.38. The topological polar surface area (TPSA) is 33.8 Å². The maximum atomic E-state index is 5.50. The Bertz CT molecular complexity index is 460. The Balaban J connectivity index is 2.14. The normalized spacial score (nSPS) is 10.5. The van der Waals surface area contributed by atoms with Crippen LogP contribution in [0.1, 0.15) is 6.42 Å². The summed E-state index contributed by atoms with van der Waals surface area (Å²) in [4.78, 5) is 0. The van der Waals surface area contributed by atoms with Crippen LogP contribution >= 0.6 is 0 Å². The third kappa shape index (κ3) is 3.11. The summed E-state index contributed by atoms with van der Waals surface area (Å²) < 4.78 is 4.20. The lowest BCUT2D eigenvalue weighted by Crippen LogP contribution is -2.33. The highest BCUT2D eigenvalue weighted by molar-refractivity contribution is 5.60. The van der Waals surface area contributed by atoms with E-state index in [0.717, 1.165) is 19.5 Å². The molecule has 0 aromatic carbocycles. The van der Waals surface area contributed by atoms with Gasteiger partial charge < -0.3 is 5.73 Å². The van der Waals surface area contributed by atoms with Crippen LogP contribution in [0.15, 0.2) is 49.1 Å². The molecule has 2 aromatic rings. The van der Waals surface area contributed by atoms with Gasteiger partial charge in [-0.05, 0) is 17.7 Å². The quantitative estimate of drug-likeness (QED) is 0.774. The largest absolute Gasteiger partial charge is 0.330 e. The second kappa shape index (κ2) is 5.55. The van der Waals surface area contributed by atoms with Crippen molar-refractivity contribution in [2.24, 2.45) is 12.8 Å². The van der Waals surface area contributed by atoms with Crippen LogP contribution in [0, 0.1) is 0 Å². The van der Waals surface area contributed by atoms with Gasteiger partial charge in [0.25, 0.3) is 0 Å². The zero-order chi connectivity index (χ0) is 12.1. The summed E-state index contributed by atoms with van der Waals surface area (Å²) in [5, 5.41) is 0. The number of aromatic nitrogens is 2. The lowest BCUT2D eigenvalue weighted by Gasteiger charge is -2.00. The number of nitrogens with zero attached hydrogens (tertiary/aromatic N) is 2. The molecule has 0 amide bonds. The van der Waals surface area contributed by atoms with E-state index in [1.54, 1.807) is 0 Å². The Morgan fingerprint density at radius 1 is 0.941 bits per heavy atom. The van der Waals surface area contributed by atoms with Crippen LogP contribution in [0.3, 0.4) is 0 Å². The van der Waals surface area contributed by atoms with Gasteiger partial charge >= 0.3 is 0 Å². The highest BCUT2D eigenvalue weighted by atomic mass is 14.9. The first kappa shape index (κ1) is 11.7. The smallest absolute Gasteiger partial charge is 0.169 e. The molecule has 0 saturated heterocycles. The molecule has 2 heterocycles. The highest BCUT2D eigenvalue weighted by Crippen LogP contribution is 2.15. The summed E-state index contributed by atoms with van der Waals surface area (Å²) in [5.41, 5.74) is 7.99. The molecule has 0 unspecified atom stereocenters. The van der Waals surface area contributed by atoms with E-state index in [0.29, 0.717) is 0 Å². The third-order valence-corrected chi connectivity index (χ3v) is 2.82. The van der Waals surface area contributed by atoms with Gasteiger partial charge in [-0.25, -0.2) is 9.13 Å². The lowest BCUT2D eigenvalue weighted by atomic mass is 10.1. The molecule has 2 rings (SSSR count). The van der Waals surface area contributed by atoms with Gasteiger partial charge in [-0.1, -0.05) is 0 Å². The van der Waals surface area contributed by atoms with Crippen LogP contribution in [0.25, 0.3) is 11.1 Å². The van der Waals surface area contributed by atoms with Gasteiger partial charge in [0, 0.05) is 30.7 Å². The first-order valence-electron chi connectivity index (χ1n) is 5.94. The van der Waals surface area contributed by atoms with E-state index in [-0.39, 0.29) is 0 Å². The van der Waals surface area contributed by atoms with E-state index in [4.69, 9.17) is 5.73 Å². The summed E-state index contributed by atoms with van der Waals surface area (Å²) in [6.07, 6.45) is 9.36. The molecule has 0 atom stereocenters. The summed E-state index contributed by atoms with van der Waals surface area (Å²) in [6.45, 7) is 1.73. The minimum atomic E-state index is 0.740. The zero-order valence-corrected chi connectivity index (χ0v) is 10.2. The Morgan fingerprint density at radius 2 is 1.47 bits per heavy atom. The van der Waals surface area contributed by atoms with Gasteiger partial charge in [0.2, 0.25) is 0 Å². The van der Waals surface area contributed by atoms with E-state index >= 15 is 0 Å². The molecule has 0 fully saturated rings. The molecule has 88 valence electrons. The molecule has 0 aliphatic heterocycles. The second-order valence-corrected chi connectivity index (χ2v) is 4.22. The van der Waals surface area contributed by atoms with Crippen molar-refractivity contribution in [2.45, 2.75) is 13.0 Å². The van der Waals surface area contributed by atoms with Crippen molar-refractivity contribution in [3.05, 3.63) is 49.1 Å². The first-order chi connectivity index (χ1) is 8.29. The molecular weight excluding hydrogens is 210 g/mol. The molecular formula is C14H19N3+2. The molecule has 0 aliphatic carbocycles. The van der Waals surface area contributed by atoms with E-state index in [9.17, 15) is 0 Å². The predicted octanol–water partition coefficient (Wildman–Crippen LogP) is 0.814. The Morgan fingerprint density at radius 3 is 2.00 bits per heavy atom. The SMILES string of the molecule is C[n+]1ccc(-c2cc[n+](CCCN)cc2)cc1. The highest BCUT2D eigenvalue weighted by Gasteiger charge is 2.03. The first-order valence-corrected chi connectivity index (χ1v) is 5.94. The number of aryl methyl sites for hydroxylation is 2. The fourth-order valence-corrected chi connectivity index (χ4v) is 1.77. The molecule has 0 saturated carbocycles. The minimum Gasteiger partial charge on any atom is -0.330 e. The van der Waals surface area contributed by atoms with Gasteiger partial charge in [0.05, 0.1) is 0 Å². The van der Waals surface area contributed by atoms with Crippen LogP contribution in [0.4, 0.5) is 0 Å². The summed E-state index contributed by atoms with van der Waals surface area (Å²) in [6, 6.07) is 8.54. The van der Waals surface area contributed by atoms with Gasteiger partial charge in [-0.2, -0.15) is 0 Å². The molecule has 3 nitrogen and oxygen atoms in total. The Kier molecular flexibility index (Phi) is 3.83. The molecule has 0 spiro atoms. The van der Waals surface area contributed by atoms with Crippen molar-refractivity contribution in [1.29, 1.82) is 0 Å².